The first-order valence-corrected chi connectivity index (χ1v) is 11.0. The molecule has 11 nitrogen and oxygen atoms in total. The van der Waals surface area contributed by atoms with Crippen LogP contribution in [0, 0.1) is 0 Å². The van der Waals surface area contributed by atoms with Crippen molar-refractivity contribution in [3.63, 3.8) is 0 Å². The van der Waals surface area contributed by atoms with Crippen molar-refractivity contribution >= 4 is 35.4 Å². The summed E-state index contributed by atoms with van der Waals surface area (Å²) >= 11 is 0. The maximum Gasteiger partial charge on any atom is 0.354 e. The van der Waals surface area contributed by atoms with E-state index in [0.717, 1.165) is 0 Å². The van der Waals surface area contributed by atoms with Gasteiger partial charge in [-0.05, 0) is 33.6 Å². The van der Waals surface area contributed by atoms with E-state index in [0.29, 0.717) is 12.8 Å². The molecule has 1 heterocycles. The summed E-state index contributed by atoms with van der Waals surface area (Å²) in [5.74, 6) is -4.12. The minimum absolute atomic E-state index is 0.00731. The van der Waals surface area contributed by atoms with Gasteiger partial charge in [-0.2, -0.15) is 0 Å². The zero-order chi connectivity index (χ0) is 25.8. The smallest absolute Gasteiger partial charge is 0.354 e. The quantitative estimate of drug-likeness (QED) is 0.167. The fraction of sp³-hybridized carbons (Fsp3) is 0.478. The number of rotatable bonds is 11. The summed E-state index contributed by atoms with van der Waals surface area (Å²) in [6.45, 7) is 9.72. The van der Waals surface area contributed by atoms with Crippen molar-refractivity contribution in [3.8, 4) is 0 Å². The third kappa shape index (κ3) is 7.68. The van der Waals surface area contributed by atoms with E-state index in [-0.39, 0.29) is 31.0 Å². The molecule has 0 radical (unpaired) electrons. The van der Waals surface area contributed by atoms with Crippen molar-refractivity contribution in [2.75, 3.05) is 13.2 Å². The number of nitrogens with zero attached hydrogens (tertiary/aromatic N) is 1. The summed E-state index contributed by atoms with van der Waals surface area (Å²) in [4.78, 5) is 74.9. The number of ketones is 1. The highest BCUT2D eigenvalue weighted by Crippen LogP contribution is 2.19. The van der Waals surface area contributed by atoms with Crippen molar-refractivity contribution in [3.05, 3.63) is 36.2 Å². The number of carbonyl (C=O) groups is 6. The number of amides is 4. The Hall–Kier alpha value is -3.76. The summed E-state index contributed by atoms with van der Waals surface area (Å²) < 4.78 is 4.88. The lowest BCUT2D eigenvalue weighted by molar-refractivity contribution is -0.140. The van der Waals surface area contributed by atoms with Crippen LogP contribution in [-0.2, 0) is 33.5 Å². The first kappa shape index (κ1) is 28.3. The van der Waals surface area contributed by atoms with E-state index < -0.39 is 47.5 Å². The number of nitrogens with one attached hydrogen (secondary N) is 3. The molecule has 1 fully saturated rings. The number of allylic oxidation sites excluding steroid dienone is 2. The molecule has 11 heteroatoms. The number of esters is 1. The van der Waals surface area contributed by atoms with Gasteiger partial charge in [-0.1, -0.05) is 31.7 Å². The lowest BCUT2D eigenvalue weighted by Crippen LogP contribution is -2.53. The van der Waals surface area contributed by atoms with Crippen molar-refractivity contribution in [2.24, 2.45) is 0 Å². The van der Waals surface area contributed by atoms with Crippen LogP contribution in [0.4, 0.5) is 0 Å². The Morgan fingerprint density at radius 3 is 2.29 bits per heavy atom. The molecule has 1 saturated heterocycles. The van der Waals surface area contributed by atoms with Crippen molar-refractivity contribution in [2.45, 2.75) is 59.0 Å². The van der Waals surface area contributed by atoms with Gasteiger partial charge in [0, 0.05) is 13.0 Å². The topological polar surface area (TPSA) is 151 Å². The van der Waals surface area contributed by atoms with Gasteiger partial charge in [0.2, 0.25) is 17.6 Å². The van der Waals surface area contributed by atoms with Gasteiger partial charge in [0.25, 0.3) is 11.8 Å². The van der Waals surface area contributed by atoms with Crippen LogP contribution in [0.2, 0.25) is 0 Å². The molecule has 34 heavy (non-hydrogen) atoms. The molecule has 1 aliphatic rings. The Labute approximate surface area is 198 Å². The van der Waals surface area contributed by atoms with Crippen LogP contribution in [0.15, 0.2) is 36.2 Å². The number of ether oxygens (including phenoxy) is 1. The SMILES string of the molecule is C=CCOC(=O)/C(=C/C)NC(=O)[C@H](C)NC(=O)[C@@H]1CCCN1C(=O)/C(=C/C)NC(=O)C(=O)CC. The standard InChI is InChI=1S/C23H32N4O7/c1-6-13-34-23(33)16(8-3)26-19(29)14(5)24-20(30)17-11-10-12-27(17)22(32)15(7-2)25-21(31)18(28)9-4/h6-8,14,17H,1,9-13H2,2-5H3,(H,24,30)(H,25,31)(H,26,29)/b15-7-,16-8-/t14-,17-/m0/s1. The van der Waals surface area contributed by atoms with Crippen molar-refractivity contribution in [1.29, 1.82) is 0 Å². The van der Waals surface area contributed by atoms with Crippen LogP contribution in [0.3, 0.4) is 0 Å². The fourth-order valence-electron chi connectivity index (χ4n) is 3.11. The summed E-state index contributed by atoms with van der Waals surface area (Å²) in [5.41, 5.74) is -0.186. The number of likely N-dealkylation sites (tertiary alicyclic amines) is 1. The molecule has 0 spiro atoms. The zero-order valence-electron chi connectivity index (χ0n) is 19.9. The summed E-state index contributed by atoms with van der Waals surface area (Å²) in [6.07, 6.45) is 5.01. The van der Waals surface area contributed by atoms with Gasteiger partial charge in [-0.15, -0.1) is 0 Å². The number of hydrogen-bond donors (Lipinski definition) is 3. The van der Waals surface area contributed by atoms with E-state index in [1.807, 2.05) is 0 Å². The lowest BCUT2D eigenvalue weighted by Gasteiger charge is -2.26. The molecule has 186 valence electrons. The molecular formula is C23H32N4O7. The maximum absolute atomic E-state index is 12.9. The number of hydrogen-bond acceptors (Lipinski definition) is 7. The van der Waals surface area contributed by atoms with E-state index in [2.05, 4.69) is 22.5 Å². The Balaban J connectivity index is 2.81. The van der Waals surface area contributed by atoms with E-state index in [1.165, 1.54) is 43.9 Å². The number of carbonyl (C=O) groups excluding carboxylic acids is 6. The van der Waals surface area contributed by atoms with Crippen LogP contribution < -0.4 is 16.0 Å². The highest BCUT2D eigenvalue weighted by molar-refractivity contribution is 6.37. The van der Waals surface area contributed by atoms with Gasteiger partial charge < -0.3 is 25.6 Å². The van der Waals surface area contributed by atoms with E-state index in [9.17, 15) is 28.8 Å². The monoisotopic (exact) mass is 476 g/mol. The average molecular weight is 477 g/mol. The van der Waals surface area contributed by atoms with Crippen molar-refractivity contribution in [1.82, 2.24) is 20.9 Å². The molecule has 0 aliphatic carbocycles. The molecule has 3 N–H and O–H groups in total. The number of Topliss-reactive ketones (excluding diaryl/α,β-unsaturated/α-hetero) is 1. The van der Waals surface area contributed by atoms with E-state index >= 15 is 0 Å². The Bertz CT molecular complexity index is 907. The molecule has 1 rings (SSSR count). The molecule has 0 unspecified atom stereocenters. The predicted octanol–water partition coefficient (Wildman–Crippen LogP) is 0.230. The first-order chi connectivity index (χ1) is 16.1. The van der Waals surface area contributed by atoms with E-state index in [1.54, 1.807) is 6.92 Å². The van der Waals surface area contributed by atoms with Crippen molar-refractivity contribution < 1.29 is 33.5 Å². The highest BCUT2D eigenvalue weighted by atomic mass is 16.5. The van der Waals surface area contributed by atoms with Crippen LogP contribution in [0.1, 0.15) is 47.0 Å². The first-order valence-electron chi connectivity index (χ1n) is 11.0. The third-order valence-electron chi connectivity index (χ3n) is 5.01. The van der Waals surface area contributed by atoms with Gasteiger partial charge in [-0.25, -0.2) is 4.79 Å². The van der Waals surface area contributed by atoms with Gasteiger partial charge in [0.05, 0.1) is 0 Å². The molecule has 2 atom stereocenters. The molecule has 1 aliphatic heterocycles. The Morgan fingerprint density at radius 2 is 1.74 bits per heavy atom. The van der Waals surface area contributed by atoms with Gasteiger partial charge in [-0.3, -0.25) is 24.0 Å². The molecule has 0 aromatic carbocycles. The summed E-state index contributed by atoms with van der Waals surface area (Å²) in [5, 5.41) is 7.24. The van der Waals surface area contributed by atoms with E-state index in [4.69, 9.17) is 4.74 Å². The second-order valence-corrected chi connectivity index (χ2v) is 7.40. The normalized spacial score (nSPS) is 16.8. The predicted molar refractivity (Wildman–Crippen MR) is 123 cm³/mol. The second kappa shape index (κ2) is 13.7. The summed E-state index contributed by atoms with van der Waals surface area (Å²) in [7, 11) is 0. The van der Waals surface area contributed by atoms with Gasteiger partial charge in [0.15, 0.2) is 0 Å². The maximum atomic E-state index is 12.9. The minimum atomic E-state index is -1.02. The van der Waals surface area contributed by atoms with Gasteiger partial charge >= 0.3 is 5.97 Å². The lowest BCUT2D eigenvalue weighted by atomic mass is 10.1. The second-order valence-electron chi connectivity index (χ2n) is 7.40. The van der Waals surface area contributed by atoms with Crippen LogP contribution in [-0.4, -0.2) is 65.5 Å². The molecule has 0 aromatic rings. The Kier molecular flexibility index (Phi) is 11.4. The fourth-order valence-corrected chi connectivity index (χ4v) is 3.11. The van der Waals surface area contributed by atoms with Crippen LogP contribution >= 0.6 is 0 Å². The molecule has 4 amide bonds. The minimum Gasteiger partial charge on any atom is -0.457 e. The van der Waals surface area contributed by atoms with Gasteiger partial charge in [0.1, 0.15) is 30.1 Å². The molecule has 0 saturated carbocycles. The zero-order valence-corrected chi connectivity index (χ0v) is 19.9. The van der Waals surface area contributed by atoms with Crippen LogP contribution in [0.5, 0.6) is 0 Å². The molecular weight excluding hydrogens is 444 g/mol. The third-order valence-corrected chi connectivity index (χ3v) is 5.01. The highest BCUT2D eigenvalue weighted by Gasteiger charge is 2.37. The summed E-state index contributed by atoms with van der Waals surface area (Å²) in [6, 6.07) is -1.88. The van der Waals surface area contributed by atoms with Crippen LogP contribution in [0.25, 0.3) is 0 Å². The largest absolute Gasteiger partial charge is 0.457 e. The molecule has 0 bridgehead atoms. The average Bonchev–Trinajstić information content (AvgIpc) is 3.32. The Morgan fingerprint density at radius 1 is 1.09 bits per heavy atom. The molecule has 0 aromatic heterocycles.